The fraction of sp³-hybridized carbons (Fsp3) is 0.588. The summed E-state index contributed by atoms with van der Waals surface area (Å²) in [4.78, 5) is 6.43. The molecule has 3 rings (SSSR count). The Bertz CT molecular complexity index is 609. The molecule has 0 bridgehead atoms. The summed E-state index contributed by atoms with van der Waals surface area (Å²) in [7, 11) is 1.96. The van der Waals surface area contributed by atoms with Gasteiger partial charge in [0.1, 0.15) is 0 Å². The smallest absolute Gasteiger partial charge is 0.381 e. The predicted octanol–water partition coefficient (Wildman–Crippen LogP) is 2.64. The molecule has 1 saturated heterocycles. The van der Waals surface area contributed by atoms with Crippen LogP contribution in [0.3, 0.4) is 0 Å². The first-order chi connectivity index (χ1) is 11.4. The van der Waals surface area contributed by atoms with E-state index in [2.05, 4.69) is 10.3 Å². The Morgan fingerprint density at radius 2 is 2.04 bits per heavy atom. The van der Waals surface area contributed by atoms with Crippen LogP contribution < -0.4 is 5.32 Å². The molecule has 132 valence electrons. The summed E-state index contributed by atoms with van der Waals surface area (Å²) in [5.74, 6) is 0.813. The molecule has 1 N–H and O–H groups in total. The van der Waals surface area contributed by atoms with Crippen LogP contribution in [0.5, 0.6) is 0 Å². The van der Waals surface area contributed by atoms with Crippen LogP contribution in [0.1, 0.15) is 24.0 Å². The second-order valence-corrected chi connectivity index (χ2v) is 6.45. The van der Waals surface area contributed by atoms with E-state index in [4.69, 9.17) is 4.74 Å². The zero-order valence-corrected chi connectivity index (χ0v) is 13.7. The van der Waals surface area contributed by atoms with Crippen molar-refractivity contribution in [3.8, 4) is 0 Å². The van der Waals surface area contributed by atoms with Crippen molar-refractivity contribution in [2.24, 2.45) is 4.99 Å². The predicted molar refractivity (Wildman–Crippen MR) is 86.1 cm³/mol. The van der Waals surface area contributed by atoms with Crippen LogP contribution in [-0.4, -0.2) is 50.8 Å². The summed E-state index contributed by atoms with van der Waals surface area (Å²) in [5, 5.41) is 3.34. The molecule has 1 aromatic carbocycles. The van der Waals surface area contributed by atoms with Gasteiger partial charge in [0.25, 0.3) is 0 Å². The largest absolute Gasteiger partial charge is 0.416 e. The van der Waals surface area contributed by atoms with Gasteiger partial charge in [0, 0.05) is 38.8 Å². The van der Waals surface area contributed by atoms with Crippen LogP contribution in [0.25, 0.3) is 0 Å². The van der Waals surface area contributed by atoms with E-state index in [1.54, 1.807) is 6.07 Å². The molecule has 4 nitrogen and oxygen atoms in total. The molecular formula is C17H22F3N3O. The molecule has 1 fully saturated rings. The van der Waals surface area contributed by atoms with Crippen LogP contribution in [0, 0.1) is 0 Å². The minimum absolute atomic E-state index is 0.370. The number of likely N-dealkylation sites (N-methyl/N-ethyl adjacent to an activating group) is 1. The summed E-state index contributed by atoms with van der Waals surface area (Å²) in [5.41, 5.74) is -0.249. The molecule has 0 amide bonds. The maximum atomic E-state index is 13.1. The van der Waals surface area contributed by atoms with E-state index >= 15 is 0 Å². The second kappa shape index (κ2) is 6.63. The number of ether oxygens (including phenoxy) is 1. The molecule has 1 aromatic rings. The molecule has 2 heterocycles. The van der Waals surface area contributed by atoms with Gasteiger partial charge < -0.3 is 15.0 Å². The second-order valence-electron chi connectivity index (χ2n) is 6.45. The Hall–Kier alpha value is -1.76. The number of alkyl halides is 3. The average molecular weight is 341 g/mol. The van der Waals surface area contributed by atoms with E-state index in [9.17, 15) is 13.2 Å². The Labute approximate surface area is 139 Å². The first-order valence-electron chi connectivity index (χ1n) is 8.16. The van der Waals surface area contributed by atoms with Gasteiger partial charge >= 0.3 is 6.18 Å². The quantitative estimate of drug-likeness (QED) is 0.918. The van der Waals surface area contributed by atoms with Crippen molar-refractivity contribution in [1.29, 1.82) is 0 Å². The van der Waals surface area contributed by atoms with Gasteiger partial charge in [-0.2, -0.15) is 13.2 Å². The highest BCUT2D eigenvalue weighted by Crippen LogP contribution is 2.37. The molecule has 2 aliphatic rings. The monoisotopic (exact) mass is 341 g/mol. The van der Waals surface area contributed by atoms with E-state index in [0.29, 0.717) is 32.6 Å². The number of rotatable bonds is 3. The van der Waals surface area contributed by atoms with Crippen LogP contribution in [0.4, 0.5) is 13.2 Å². The SMILES string of the molecule is CN1CCN=C1NCC1(c2cccc(C(F)(F)F)c2)CCOCC1. The fourth-order valence-corrected chi connectivity index (χ4v) is 3.33. The summed E-state index contributed by atoms with van der Waals surface area (Å²) in [6.07, 6.45) is -2.94. The summed E-state index contributed by atoms with van der Waals surface area (Å²) < 4.78 is 44.7. The van der Waals surface area contributed by atoms with Gasteiger partial charge in [-0.25, -0.2) is 0 Å². The van der Waals surface area contributed by atoms with Crippen LogP contribution in [0.2, 0.25) is 0 Å². The molecule has 7 heteroatoms. The maximum absolute atomic E-state index is 13.1. The number of nitrogens with zero attached hydrogens (tertiary/aromatic N) is 2. The third-order valence-electron chi connectivity index (χ3n) is 4.90. The summed E-state index contributed by atoms with van der Waals surface area (Å²) in [6.45, 7) is 3.28. The minimum Gasteiger partial charge on any atom is -0.381 e. The van der Waals surface area contributed by atoms with Gasteiger partial charge in [0.2, 0.25) is 0 Å². The fourth-order valence-electron chi connectivity index (χ4n) is 3.33. The van der Waals surface area contributed by atoms with Gasteiger partial charge in [0.05, 0.1) is 12.1 Å². The van der Waals surface area contributed by atoms with Crippen LogP contribution >= 0.6 is 0 Å². The van der Waals surface area contributed by atoms with Crippen molar-refractivity contribution in [1.82, 2.24) is 10.2 Å². The van der Waals surface area contributed by atoms with Gasteiger partial charge in [-0.3, -0.25) is 4.99 Å². The molecule has 0 atom stereocenters. The third-order valence-corrected chi connectivity index (χ3v) is 4.90. The Morgan fingerprint density at radius 3 is 2.67 bits per heavy atom. The van der Waals surface area contributed by atoms with Gasteiger partial charge in [-0.05, 0) is 24.5 Å². The Morgan fingerprint density at radius 1 is 1.29 bits per heavy atom. The standard InChI is InChI=1S/C17H22F3N3O/c1-23-8-7-21-15(23)22-12-16(5-9-24-10-6-16)13-3-2-4-14(11-13)17(18,19)20/h2-4,11H,5-10,12H2,1H3,(H,21,22). The van der Waals surface area contributed by atoms with E-state index in [1.165, 1.54) is 12.1 Å². The average Bonchev–Trinajstić information content (AvgIpc) is 2.98. The van der Waals surface area contributed by atoms with Gasteiger partial charge in [-0.1, -0.05) is 18.2 Å². The normalized spacial score (nSPS) is 20.8. The van der Waals surface area contributed by atoms with E-state index in [1.807, 2.05) is 11.9 Å². The lowest BCUT2D eigenvalue weighted by atomic mass is 9.73. The lowest BCUT2D eigenvalue weighted by Gasteiger charge is -2.38. The van der Waals surface area contributed by atoms with E-state index < -0.39 is 11.7 Å². The van der Waals surface area contributed by atoms with E-state index in [-0.39, 0.29) is 5.41 Å². The highest BCUT2D eigenvalue weighted by atomic mass is 19.4. The Balaban J connectivity index is 1.85. The molecule has 2 aliphatic heterocycles. The van der Waals surface area contributed by atoms with Crippen LogP contribution in [-0.2, 0) is 16.3 Å². The number of benzene rings is 1. The number of halogens is 3. The number of hydrogen-bond donors (Lipinski definition) is 1. The minimum atomic E-state index is -4.33. The van der Waals surface area contributed by atoms with Crippen molar-refractivity contribution < 1.29 is 17.9 Å². The maximum Gasteiger partial charge on any atom is 0.416 e. The van der Waals surface area contributed by atoms with Crippen molar-refractivity contribution in [3.05, 3.63) is 35.4 Å². The summed E-state index contributed by atoms with van der Waals surface area (Å²) in [6, 6.07) is 5.70. The first-order valence-corrected chi connectivity index (χ1v) is 8.16. The van der Waals surface area contributed by atoms with Crippen molar-refractivity contribution in [2.45, 2.75) is 24.4 Å². The lowest BCUT2D eigenvalue weighted by Crippen LogP contribution is -2.47. The third kappa shape index (κ3) is 3.50. The molecule has 0 aliphatic carbocycles. The van der Waals surface area contributed by atoms with Gasteiger partial charge in [0.15, 0.2) is 5.96 Å². The lowest BCUT2D eigenvalue weighted by molar-refractivity contribution is -0.137. The van der Waals surface area contributed by atoms with Crippen molar-refractivity contribution >= 4 is 5.96 Å². The highest BCUT2D eigenvalue weighted by molar-refractivity contribution is 5.81. The molecule has 0 saturated carbocycles. The molecule has 0 radical (unpaired) electrons. The molecule has 24 heavy (non-hydrogen) atoms. The zero-order chi connectivity index (χ0) is 17.2. The van der Waals surface area contributed by atoms with Crippen molar-refractivity contribution in [2.75, 3.05) is 39.9 Å². The number of aliphatic imine (C=N–C) groups is 1. The number of nitrogens with one attached hydrogen (secondary N) is 1. The van der Waals surface area contributed by atoms with Gasteiger partial charge in [-0.15, -0.1) is 0 Å². The Kier molecular flexibility index (Phi) is 4.71. The highest BCUT2D eigenvalue weighted by Gasteiger charge is 2.37. The number of guanidine groups is 1. The molecular weight excluding hydrogens is 319 g/mol. The van der Waals surface area contributed by atoms with Crippen molar-refractivity contribution in [3.63, 3.8) is 0 Å². The zero-order valence-electron chi connectivity index (χ0n) is 13.7. The van der Waals surface area contributed by atoms with Crippen LogP contribution in [0.15, 0.2) is 29.3 Å². The summed E-state index contributed by atoms with van der Waals surface area (Å²) >= 11 is 0. The number of hydrogen-bond acceptors (Lipinski definition) is 4. The molecule has 0 spiro atoms. The molecule has 0 aromatic heterocycles. The molecule has 0 unspecified atom stereocenters. The van der Waals surface area contributed by atoms with E-state index in [0.717, 1.165) is 30.7 Å². The topological polar surface area (TPSA) is 36.9 Å². The first kappa shape index (κ1) is 17.1.